The molecule has 1 fully saturated rings. The molecular weight excluding hydrogens is 362 g/mol. The number of nitrogens with zero attached hydrogens (tertiary/aromatic N) is 3. The van der Waals surface area contributed by atoms with Gasteiger partial charge in [-0.3, -0.25) is 0 Å². The molecule has 2 N–H and O–H groups in total. The summed E-state index contributed by atoms with van der Waals surface area (Å²) in [7, 11) is 0. The standard InChI is InChI=1S/C19H23N5O4/c1-18(2,3)28-17(25)23-19(9-4-10-19)13-5-7-14(8-6-13)22-15-16(24(26)27)21-12-11-20-15/h5-8,11-12H,4,9-10H2,1-3H3,(H,20,22)(H,23,25). The van der Waals surface area contributed by atoms with Crippen LogP contribution in [-0.4, -0.2) is 26.6 Å². The topological polar surface area (TPSA) is 119 Å². The van der Waals surface area contributed by atoms with Gasteiger partial charge in [0.25, 0.3) is 0 Å². The molecular formula is C19H23N5O4. The highest BCUT2D eigenvalue weighted by Gasteiger charge is 2.41. The van der Waals surface area contributed by atoms with Crippen LogP contribution in [0.5, 0.6) is 0 Å². The number of carbonyl (C=O) groups is 1. The van der Waals surface area contributed by atoms with Crippen molar-refractivity contribution in [2.75, 3.05) is 5.32 Å². The maximum atomic E-state index is 12.2. The average Bonchev–Trinajstić information content (AvgIpc) is 2.58. The van der Waals surface area contributed by atoms with Crippen LogP contribution in [0.15, 0.2) is 36.7 Å². The molecule has 0 radical (unpaired) electrons. The summed E-state index contributed by atoms with van der Waals surface area (Å²) < 4.78 is 5.39. The van der Waals surface area contributed by atoms with Crippen LogP contribution in [0.4, 0.5) is 22.1 Å². The van der Waals surface area contributed by atoms with Crippen molar-refractivity contribution in [3.05, 3.63) is 52.3 Å². The Morgan fingerprint density at radius 1 is 1.18 bits per heavy atom. The van der Waals surface area contributed by atoms with Crippen LogP contribution in [0.1, 0.15) is 45.6 Å². The Kier molecular flexibility index (Phi) is 5.17. The van der Waals surface area contributed by atoms with E-state index in [1.807, 2.05) is 32.9 Å². The molecule has 1 aliphatic rings. The molecule has 148 valence electrons. The van der Waals surface area contributed by atoms with Crippen LogP contribution in [0.25, 0.3) is 0 Å². The second kappa shape index (κ2) is 7.41. The second-order valence-electron chi connectivity index (χ2n) is 7.75. The Morgan fingerprint density at radius 3 is 2.36 bits per heavy atom. The molecule has 0 bridgehead atoms. The Hall–Kier alpha value is -3.23. The van der Waals surface area contributed by atoms with E-state index in [9.17, 15) is 14.9 Å². The fourth-order valence-electron chi connectivity index (χ4n) is 3.08. The fourth-order valence-corrected chi connectivity index (χ4v) is 3.08. The number of anilines is 2. The molecule has 1 aromatic heterocycles. The third kappa shape index (κ3) is 4.36. The van der Waals surface area contributed by atoms with Gasteiger partial charge in [-0.1, -0.05) is 12.1 Å². The molecule has 1 aromatic carbocycles. The van der Waals surface area contributed by atoms with Crippen molar-refractivity contribution in [1.29, 1.82) is 0 Å². The minimum absolute atomic E-state index is 0.0745. The molecule has 0 aliphatic heterocycles. The third-order valence-corrected chi connectivity index (χ3v) is 4.50. The Morgan fingerprint density at radius 2 is 1.82 bits per heavy atom. The zero-order valence-electron chi connectivity index (χ0n) is 16.1. The number of benzene rings is 1. The third-order valence-electron chi connectivity index (χ3n) is 4.50. The monoisotopic (exact) mass is 385 g/mol. The van der Waals surface area contributed by atoms with Gasteiger partial charge in [0.1, 0.15) is 5.60 Å². The second-order valence-corrected chi connectivity index (χ2v) is 7.75. The Balaban J connectivity index is 1.75. The van der Waals surface area contributed by atoms with E-state index in [4.69, 9.17) is 4.74 Å². The van der Waals surface area contributed by atoms with Gasteiger partial charge in [0.2, 0.25) is 5.82 Å². The Bertz CT molecular complexity index is 873. The predicted molar refractivity (Wildman–Crippen MR) is 103 cm³/mol. The SMILES string of the molecule is CC(C)(C)OC(=O)NC1(c2ccc(Nc3nccnc3[N+](=O)[O-])cc2)CCC1. The number of carbonyl (C=O) groups excluding carboxylic acids is 1. The molecule has 0 saturated heterocycles. The minimum atomic E-state index is -0.586. The number of aromatic nitrogens is 2. The van der Waals surface area contributed by atoms with Crippen LogP contribution in [0.3, 0.4) is 0 Å². The lowest BCUT2D eigenvalue weighted by Gasteiger charge is -2.43. The Labute approximate surface area is 162 Å². The first kappa shape index (κ1) is 19.5. The molecule has 9 heteroatoms. The summed E-state index contributed by atoms with van der Waals surface area (Å²) in [5, 5.41) is 17.0. The highest BCUT2D eigenvalue weighted by molar-refractivity contribution is 5.70. The molecule has 9 nitrogen and oxygen atoms in total. The van der Waals surface area contributed by atoms with E-state index in [-0.39, 0.29) is 11.6 Å². The van der Waals surface area contributed by atoms with E-state index in [2.05, 4.69) is 20.6 Å². The van der Waals surface area contributed by atoms with E-state index < -0.39 is 22.2 Å². The average molecular weight is 385 g/mol. The van der Waals surface area contributed by atoms with Gasteiger partial charge in [0, 0.05) is 5.69 Å². The maximum absolute atomic E-state index is 12.2. The largest absolute Gasteiger partial charge is 0.444 e. The van der Waals surface area contributed by atoms with Crippen molar-refractivity contribution in [1.82, 2.24) is 15.3 Å². The highest BCUT2D eigenvalue weighted by Crippen LogP contribution is 2.42. The van der Waals surface area contributed by atoms with E-state index in [1.54, 1.807) is 12.1 Å². The maximum Gasteiger partial charge on any atom is 0.408 e. The van der Waals surface area contributed by atoms with E-state index in [0.717, 1.165) is 24.8 Å². The molecule has 1 saturated carbocycles. The molecule has 0 atom stereocenters. The summed E-state index contributed by atoms with van der Waals surface area (Å²) in [6.07, 6.45) is 4.89. The lowest BCUT2D eigenvalue weighted by atomic mass is 9.72. The van der Waals surface area contributed by atoms with E-state index in [0.29, 0.717) is 5.69 Å². The van der Waals surface area contributed by atoms with E-state index in [1.165, 1.54) is 12.4 Å². The van der Waals surface area contributed by atoms with Gasteiger partial charge in [-0.05, 0) is 67.6 Å². The zero-order chi connectivity index (χ0) is 20.4. The van der Waals surface area contributed by atoms with Crippen molar-refractivity contribution in [3.63, 3.8) is 0 Å². The highest BCUT2D eigenvalue weighted by atomic mass is 16.6. The van der Waals surface area contributed by atoms with Gasteiger partial charge in [0.05, 0.1) is 11.7 Å². The normalized spacial score (nSPS) is 15.2. The molecule has 3 rings (SSSR count). The van der Waals surface area contributed by atoms with E-state index >= 15 is 0 Å². The van der Waals surface area contributed by atoms with Crippen LogP contribution >= 0.6 is 0 Å². The van der Waals surface area contributed by atoms with Crippen LogP contribution in [0, 0.1) is 10.1 Å². The summed E-state index contributed by atoms with van der Waals surface area (Å²) >= 11 is 0. The summed E-state index contributed by atoms with van der Waals surface area (Å²) in [4.78, 5) is 30.4. The van der Waals surface area contributed by atoms with Gasteiger partial charge in [0.15, 0.2) is 6.20 Å². The first-order chi connectivity index (χ1) is 13.2. The smallest absolute Gasteiger partial charge is 0.408 e. The number of hydrogen-bond donors (Lipinski definition) is 2. The predicted octanol–water partition coefficient (Wildman–Crippen LogP) is 4.03. The first-order valence-corrected chi connectivity index (χ1v) is 9.03. The van der Waals surface area contributed by atoms with Gasteiger partial charge >= 0.3 is 11.9 Å². The summed E-state index contributed by atoms with van der Waals surface area (Å²) in [6, 6.07) is 7.37. The van der Waals surface area contributed by atoms with Crippen molar-refractivity contribution in [2.45, 2.75) is 51.2 Å². The molecule has 28 heavy (non-hydrogen) atoms. The zero-order valence-corrected chi connectivity index (χ0v) is 16.1. The van der Waals surface area contributed by atoms with Gasteiger partial charge < -0.3 is 25.5 Å². The van der Waals surface area contributed by atoms with Crippen LogP contribution in [0.2, 0.25) is 0 Å². The minimum Gasteiger partial charge on any atom is -0.444 e. The molecule has 0 unspecified atom stereocenters. The lowest BCUT2D eigenvalue weighted by Crippen LogP contribution is -2.52. The molecule has 1 heterocycles. The first-order valence-electron chi connectivity index (χ1n) is 9.03. The van der Waals surface area contributed by atoms with Crippen molar-refractivity contribution in [2.24, 2.45) is 0 Å². The van der Waals surface area contributed by atoms with Gasteiger partial charge in [-0.2, -0.15) is 0 Å². The molecule has 1 aliphatic carbocycles. The molecule has 1 amide bonds. The number of nitrogens with one attached hydrogen (secondary N) is 2. The molecule has 0 spiro atoms. The number of amides is 1. The number of nitro groups is 1. The van der Waals surface area contributed by atoms with Gasteiger partial charge in [-0.15, -0.1) is 0 Å². The fraction of sp³-hybridized carbons (Fsp3) is 0.421. The quantitative estimate of drug-likeness (QED) is 0.589. The lowest BCUT2D eigenvalue weighted by molar-refractivity contribution is -0.388. The summed E-state index contributed by atoms with van der Waals surface area (Å²) in [6.45, 7) is 5.48. The number of rotatable bonds is 5. The number of hydrogen-bond acceptors (Lipinski definition) is 7. The number of ether oxygens (including phenoxy) is 1. The van der Waals surface area contributed by atoms with Crippen molar-refractivity contribution >= 4 is 23.4 Å². The number of alkyl carbamates (subject to hydrolysis) is 1. The van der Waals surface area contributed by atoms with Crippen molar-refractivity contribution in [3.8, 4) is 0 Å². The van der Waals surface area contributed by atoms with Crippen LogP contribution in [-0.2, 0) is 10.3 Å². The summed E-state index contributed by atoms with van der Waals surface area (Å²) in [5.41, 5.74) is 0.594. The van der Waals surface area contributed by atoms with Crippen LogP contribution < -0.4 is 10.6 Å². The van der Waals surface area contributed by atoms with Crippen molar-refractivity contribution < 1.29 is 14.5 Å². The summed E-state index contributed by atoms with van der Waals surface area (Å²) in [5.74, 6) is -0.265. The van der Waals surface area contributed by atoms with Gasteiger partial charge in [-0.25, -0.2) is 9.78 Å². The molecule has 2 aromatic rings.